The molecular formula is C22H31ClN2O2S. The number of likely N-dealkylation sites (N-methyl/N-ethyl adjacent to an activating group) is 1. The van der Waals surface area contributed by atoms with Crippen LogP contribution < -0.4 is 10.1 Å². The zero-order valence-electron chi connectivity index (χ0n) is 16.6. The third-order valence-electron chi connectivity index (χ3n) is 5.34. The lowest BCUT2D eigenvalue weighted by Crippen LogP contribution is -2.40. The van der Waals surface area contributed by atoms with Crippen LogP contribution in [0.5, 0.6) is 5.75 Å². The minimum Gasteiger partial charge on any atom is -0.491 e. The Hall–Kier alpha value is -1.11. The fraction of sp³-hybridized carbons (Fsp3) is 0.545. The molecule has 0 bridgehead atoms. The van der Waals surface area contributed by atoms with Crippen molar-refractivity contribution >= 4 is 22.9 Å². The average Bonchev–Trinajstić information content (AvgIpc) is 3.13. The summed E-state index contributed by atoms with van der Waals surface area (Å²) in [5.74, 6) is 0.832. The van der Waals surface area contributed by atoms with E-state index in [4.69, 9.17) is 16.3 Å². The number of benzene rings is 1. The molecule has 1 unspecified atom stereocenters. The Balaban J connectivity index is 1.44. The first-order valence-electron chi connectivity index (χ1n) is 10.2. The largest absolute Gasteiger partial charge is 0.491 e. The number of thiophene rings is 1. The highest BCUT2D eigenvalue weighted by molar-refractivity contribution is 7.16. The lowest BCUT2D eigenvalue weighted by molar-refractivity contribution is 0.0558. The monoisotopic (exact) mass is 422 g/mol. The van der Waals surface area contributed by atoms with Crippen LogP contribution in [0.15, 0.2) is 36.4 Å². The van der Waals surface area contributed by atoms with Crippen LogP contribution in [-0.2, 0) is 13.1 Å². The summed E-state index contributed by atoms with van der Waals surface area (Å²) in [6.45, 7) is 2.46. The van der Waals surface area contributed by atoms with E-state index in [9.17, 15) is 5.11 Å². The second kappa shape index (κ2) is 11.2. The molecule has 1 fully saturated rings. The molecule has 2 N–H and O–H groups in total. The first kappa shape index (κ1) is 21.6. The number of para-hydroxylation sites is 1. The lowest BCUT2D eigenvalue weighted by Gasteiger charge is -2.32. The molecule has 1 saturated carbocycles. The average molecular weight is 423 g/mol. The lowest BCUT2D eigenvalue weighted by atomic mass is 9.94. The minimum atomic E-state index is -0.485. The molecule has 1 aromatic carbocycles. The van der Waals surface area contributed by atoms with Gasteiger partial charge in [-0.25, -0.2) is 0 Å². The summed E-state index contributed by atoms with van der Waals surface area (Å²) in [6, 6.07) is 12.6. The molecule has 4 nitrogen and oxygen atoms in total. The summed E-state index contributed by atoms with van der Waals surface area (Å²) < 4.78 is 6.77. The normalized spacial score (nSPS) is 16.4. The molecule has 0 saturated heterocycles. The van der Waals surface area contributed by atoms with Gasteiger partial charge in [0.05, 0.1) is 4.34 Å². The second-order valence-corrected chi connectivity index (χ2v) is 9.41. The van der Waals surface area contributed by atoms with Gasteiger partial charge in [0.25, 0.3) is 0 Å². The van der Waals surface area contributed by atoms with Crippen LogP contribution in [0.25, 0.3) is 0 Å². The summed E-state index contributed by atoms with van der Waals surface area (Å²) in [6.07, 6.45) is 5.96. The van der Waals surface area contributed by atoms with E-state index in [1.165, 1.54) is 37.0 Å². The van der Waals surface area contributed by atoms with Gasteiger partial charge in [-0.2, -0.15) is 0 Å². The van der Waals surface area contributed by atoms with E-state index in [0.717, 1.165) is 22.2 Å². The third kappa shape index (κ3) is 6.75. The van der Waals surface area contributed by atoms with E-state index < -0.39 is 6.10 Å². The Kier molecular flexibility index (Phi) is 8.62. The summed E-state index contributed by atoms with van der Waals surface area (Å²) in [7, 11) is 2.12. The van der Waals surface area contributed by atoms with Crippen LogP contribution in [0.4, 0.5) is 0 Å². The molecule has 1 heterocycles. The van der Waals surface area contributed by atoms with E-state index in [1.807, 2.05) is 30.3 Å². The Morgan fingerprint density at radius 1 is 1.18 bits per heavy atom. The van der Waals surface area contributed by atoms with Crippen LogP contribution >= 0.6 is 22.9 Å². The van der Waals surface area contributed by atoms with Gasteiger partial charge in [0.2, 0.25) is 0 Å². The van der Waals surface area contributed by atoms with Gasteiger partial charge >= 0.3 is 0 Å². The van der Waals surface area contributed by atoms with Crippen molar-refractivity contribution in [2.45, 2.75) is 57.3 Å². The van der Waals surface area contributed by atoms with E-state index in [0.29, 0.717) is 25.7 Å². The molecule has 1 aliphatic carbocycles. The van der Waals surface area contributed by atoms with Crippen LogP contribution in [0.3, 0.4) is 0 Å². The van der Waals surface area contributed by atoms with Gasteiger partial charge < -0.3 is 20.1 Å². The van der Waals surface area contributed by atoms with E-state index >= 15 is 0 Å². The van der Waals surface area contributed by atoms with Gasteiger partial charge in [-0.1, -0.05) is 49.1 Å². The Labute approximate surface area is 177 Å². The number of nitrogens with zero attached hydrogens (tertiary/aromatic N) is 1. The fourth-order valence-electron chi connectivity index (χ4n) is 3.80. The third-order valence-corrected chi connectivity index (χ3v) is 6.58. The SMILES string of the molecule is CN(CC(O)COc1ccccc1CNCc1ccc(Cl)s1)C1CCCCC1. The van der Waals surface area contributed by atoms with Crippen molar-refractivity contribution in [1.29, 1.82) is 0 Å². The zero-order chi connectivity index (χ0) is 19.8. The number of halogens is 1. The van der Waals surface area contributed by atoms with Crippen LogP contribution in [0, 0.1) is 0 Å². The molecule has 154 valence electrons. The summed E-state index contributed by atoms with van der Waals surface area (Å²) in [5.41, 5.74) is 1.10. The summed E-state index contributed by atoms with van der Waals surface area (Å²) in [4.78, 5) is 3.51. The number of ether oxygens (including phenoxy) is 1. The zero-order valence-corrected chi connectivity index (χ0v) is 18.1. The number of hydrogen-bond acceptors (Lipinski definition) is 5. The molecule has 3 rings (SSSR count). The van der Waals surface area contributed by atoms with Crippen molar-refractivity contribution < 1.29 is 9.84 Å². The maximum Gasteiger partial charge on any atom is 0.123 e. The van der Waals surface area contributed by atoms with Crippen molar-refractivity contribution in [3.05, 3.63) is 51.2 Å². The predicted molar refractivity (Wildman–Crippen MR) is 117 cm³/mol. The first-order valence-corrected chi connectivity index (χ1v) is 11.3. The molecule has 0 spiro atoms. The first-order chi connectivity index (χ1) is 13.6. The predicted octanol–water partition coefficient (Wildman–Crippen LogP) is 4.70. The molecule has 6 heteroatoms. The van der Waals surface area contributed by atoms with Gasteiger partial charge in [-0.15, -0.1) is 11.3 Å². The van der Waals surface area contributed by atoms with Crippen LogP contribution in [0.2, 0.25) is 4.34 Å². The summed E-state index contributed by atoms with van der Waals surface area (Å²) in [5, 5.41) is 13.9. The highest BCUT2D eigenvalue weighted by Crippen LogP contribution is 2.23. The minimum absolute atomic E-state index is 0.314. The highest BCUT2D eigenvalue weighted by Gasteiger charge is 2.20. The number of aliphatic hydroxyl groups is 1. The Morgan fingerprint density at radius 3 is 2.71 bits per heavy atom. The highest BCUT2D eigenvalue weighted by atomic mass is 35.5. The fourth-order valence-corrected chi connectivity index (χ4v) is 4.86. The van der Waals surface area contributed by atoms with Gasteiger partial charge in [-0.05, 0) is 38.1 Å². The molecular weight excluding hydrogens is 392 g/mol. The van der Waals surface area contributed by atoms with Gasteiger partial charge in [0.15, 0.2) is 0 Å². The van der Waals surface area contributed by atoms with Gasteiger partial charge in [-0.3, -0.25) is 0 Å². The molecule has 0 radical (unpaired) electrons. The molecule has 1 aliphatic rings. The second-order valence-electron chi connectivity index (χ2n) is 7.61. The Bertz CT molecular complexity index is 718. The maximum absolute atomic E-state index is 10.4. The Morgan fingerprint density at radius 2 is 1.96 bits per heavy atom. The van der Waals surface area contributed by atoms with Crippen LogP contribution in [0.1, 0.15) is 42.5 Å². The summed E-state index contributed by atoms with van der Waals surface area (Å²) >= 11 is 7.57. The molecule has 0 amide bonds. The molecule has 28 heavy (non-hydrogen) atoms. The van der Waals surface area contributed by atoms with Gasteiger partial charge in [0.1, 0.15) is 18.5 Å². The molecule has 1 aromatic heterocycles. The van der Waals surface area contributed by atoms with Crippen molar-refractivity contribution in [3.8, 4) is 5.75 Å². The van der Waals surface area contributed by atoms with Crippen molar-refractivity contribution in [2.75, 3.05) is 20.2 Å². The number of rotatable bonds is 10. The molecule has 2 aromatic rings. The van der Waals surface area contributed by atoms with E-state index in [1.54, 1.807) is 11.3 Å². The topological polar surface area (TPSA) is 44.7 Å². The number of aliphatic hydroxyl groups excluding tert-OH is 1. The quantitative estimate of drug-likeness (QED) is 0.582. The number of nitrogens with one attached hydrogen (secondary N) is 1. The smallest absolute Gasteiger partial charge is 0.123 e. The molecule has 0 aliphatic heterocycles. The van der Waals surface area contributed by atoms with Crippen molar-refractivity contribution in [2.24, 2.45) is 0 Å². The van der Waals surface area contributed by atoms with E-state index in [2.05, 4.69) is 23.3 Å². The van der Waals surface area contributed by atoms with Crippen LogP contribution in [-0.4, -0.2) is 42.4 Å². The maximum atomic E-state index is 10.4. The van der Waals surface area contributed by atoms with Crippen molar-refractivity contribution in [1.82, 2.24) is 10.2 Å². The number of hydrogen-bond donors (Lipinski definition) is 2. The standard InChI is InChI=1S/C22H31ClN2O2S/c1-25(18-8-3-2-4-9-18)15-19(26)16-27-21-10-6-5-7-17(21)13-24-14-20-11-12-22(23)28-20/h5-7,10-12,18-19,24,26H,2-4,8-9,13-16H2,1H3. The van der Waals surface area contributed by atoms with Gasteiger partial charge in [0, 0.05) is 36.1 Å². The molecule has 1 atom stereocenters. The van der Waals surface area contributed by atoms with E-state index in [-0.39, 0.29) is 0 Å². The van der Waals surface area contributed by atoms with Crippen molar-refractivity contribution in [3.63, 3.8) is 0 Å².